The van der Waals surface area contributed by atoms with E-state index >= 15 is 0 Å². The van der Waals surface area contributed by atoms with E-state index in [1.165, 1.54) is 0 Å². The molecule has 0 radical (unpaired) electrons. The molecule has 0 aromatic carbocycles. The van der Waals surface area contributed by atoms with Gasteiger partial charge in [0, 0.05) is 12.6 Å². The second-order valence-electron chi connectivity index (χ2n) is 5.08. The molecule has 9 heteroatoms. The Labute approximate surface area is 108 Å². The minimum atomic E-state index is -4.64. The van der Waals surface area contributed by atoms with Gasteiger partial charge in [-0.3, -0.25) is 4.79 Å². The first-order valence-corrected chi connectivity index (χ1v) is 7.77. The van der Waals surface area contributed by atoms with Crippen LogP contribution in [0.15, 0.2) is 0 Å². The summed E-state index contributed by atoms with van der Waals surface area (Å²) >= 11 is 0. The summed E-state index contributed by atoms with van der Waals surface area (Å²) in [4.78, 5) is 11.9. The predicted molar refractivity (Wildman–Crippen MR) is 61.2 cm³/mol. The third-order valence-corrected chi connectivity index (χ3v) is 5.47. The minimum Gasteiger partial charge on any atom is -0.351 e. The third-order valence-electron chi connectivity index (χ3n) is 3.70. The highest BCUT2D eigenvalue weighted by Crippen LogP contribution is 2.43. The summed E-state index contributed by atoms with van der Waals surface area (Å²) in [5, 5.41) is 4.79. The smallest absolute Gasteiger partial charge is 0.351 e. The Hall–Kier alpha value is -0.830. The van der Waals surface area contributed by atoms with Gasteiger partial charge >= 0.3 is 6.18 Å². The van der Waals surface area contributed by atoms with Gasteiger partial charge in [-0.25, -0.2) is 8.42 Å². The molecule has 0 saturated carbocycles. The molecule has 0 aromatic rings. The van der Waals surface area contributed by atoms with Crippen molar-refractivity contribution in [1.82, 2.24) is 10.6 Å². The van der Waals surface area contributed by atoms with Crippen LogP contribution in [0.2, 0.25) is 0 Å². The van der Waals surface area contributed by atoms with Crippen LogP contribution in [0.3, 0.4) is 0 Å². The summed E-state index contributed by atoms with van der Waals surface area (Å²) < 4.78 is 61.7. The van der Waals surface area contributed by atoms with Gasteiger partial charge in [-0.2, -0.15) is 13.2 Å². The van der Waals surface area contributed by atoms with E-state index in [1.807, 2.05) is 0 Å². The van der Waals surface area contributed by atoms with E-state index in [4.69, 9.17) is 0 Å². The fraction of sp³-hybridized carbons (Fsp3) is 0.900. The number of hydrogen-bond acceptors (Lipinski definition) is 4. The van der Waals surface area contributed by atoms with Crippen molar-refractivity contribution in [3.05, 3.63) is 0 Å². The lowest BCUT2D eigenvalue weighted by molar-refractivity contribution is -0.216. The van der Waals surface area contributed by atoms with Gasteiger partial charge in [0.15, 0.2) is 15.3 Å². The molecule has 1 amide bonds. The summed E-state index contributed by atoms with van der Waals surface area (Å²) in [5.74, 6) is -1.48. The van der Waals surface area contributed by atoms with E-state index in [0.717, 1.165) is 0 Å². The van der Waals surface area contributed by atoms with Gasteiger partial charge in [0.1, 0.15) is 0 Å². The molecular formula is C10H15F3N2O3S. The zero-order chi connectivity index (χ0) is 14.3. The Morgan fingerprint density at radius 3 is 2.47 bits per heavy atom. The molecule has 2 fully saturated rings. The van der Waals surface area contributed by atoms with Crippen LogP contribution in [0, 0.1) is 5.41 Å². The van der Waals surface area contributed by atoms with Crippen LogP contribution in [0.1, 0.15) is 12.8 Å². The van der Waals surface area contributed by atoms with Gasteiger partial charge in [-0.05, 0) is 19.4 Å². The van der Waals surface area contributed by atoms with Crippen molar-refractivity contribution in [2.75, 3.05) is 24.6 Å². The molecule has 2 atom stereocenters. The van der Waals surface area contributed by atoms with Crippen molar-refractivity contribution >= 4 is 15.7 Å². The van der Waals surface area contributed by atoms with Crippen molar-refractivity contribution in [2.45, 2.75) is 25.1 Å². The van der Waals surface area contributed by atoms with E-state index in [2.05, 4.69) is 10.6 Å². The van der Waals surface area contributed by atoms with Crippen LogP contribution < -0.4 is 10.6 Å². The number of carbonyl (C=O) groups is 1. The lowest BCUT2D eigenvalue weighted by Gasteiger charge is -2.30. The van der Waals surface area contributed by atoms with Crippen LogP contribution >= 0.6 is 0 Å². The molecule has 2 aliphatic rings. The summed E-state index contributed by atoms with van der Waals surface area (Å²) in [6.45, 7) is -0.336. The lowest BCUT2D eigenvalue weighted by atomic mass is 9.85. The minimum absolute atomic E-state index is 0.0881. The van der Waals surface area contributed by atoms with Crippen molar-refractivity contribution in [3.63, 3.8) is 0 Å². The van der Waals surface area contributed by atoms with Crippen molar-refractivity contribution in [2.24, 2.45) is 5.41 Å². The number of alkyl halides is 3. The third kappa shape index (κ3) is 2.71. The maximum atomic E-state index is 13.1. The molecule has 5 nitrogen and oxygen atoms in total. The van der Waals surface area contributed by atoms with Gasteiger partial charge in [-0.15, -0.1) is 0 Å². The molecule has 2 unspecified atom stereocenters. The van der Waals surface area contributed by atoms with Gasteiger partial charge in [0.05, 0.1) is 11.5 Å². The van der Waals surface area contributed by atoms with Crippen molar-refractivity contribution in [1.29, 1.82) is 0 Å². The van der Waals surface area contributed by atoms with Crippen LogP contribution in [0.25, 0.3) is 0 Å². The average molecular weight is 300 g/mol. The molecule has 0 bridgehead atoms. The number of nitrogens with one attached hydrogen (secondary N) is 2. The zero-order valence-electron chi connectivity index (χ0n) is 10.1. The van der Waals surface area contributed by atoms with Crippen molar-refractivity contribution < 1.29 is 26.4 Å². The molecule has 2 heterocycles. The first-order chi connectivity index (χ1) is 8.66. The van der Waals surface area contributed by atoms with Crippen LogP contribution in [0.4, 0.5) is 13.2 Å². The van der Waals surface area contributed by atoms with Gasteiger partial charge < -0.3 is 10.6 Å². The zero-order valence-corrected chi connectivity index (χ0v) is 10.9. The Morgan fingerprint density at radius 2 is 2.05 bits per heavy atom. The monoisotopic (exact) mass is 300 g/mol. The molecule has 2 rings (SSSR count). The van der Waals surface area contributed by atoms with Gasteiger partial charge in [0.25, 0.3) is 0 Å². The number of amides is 1. The second kappa shape index (κ2) is 4.62. The summed E-state index contributed by atoms with van der Waals surface area (Å²) in [6.07, 6.45) is -4.78. The number of hydrogen-bond donors (Lipinski definition) is 2. The molecule has 19 heavy (non-hydrogen) atoms. The number of sulfone groups is 1. The highest BCUT2D eigenvalue weighted by atomic mass is 32.2. The lowest BCUT2D eigenvalue weighted by Crippen LogP contribution is -2.54. The Kier molecular flexibility index (Phi) is 3.54. The average Bonchev–Trinajstić information content (AvgIpc) is 2.84. The van der Waals surface area contributed by atoms with Crippen LogP contribution in [-0.2, 0) is 14.6 Å². The molecule has 2 N–H and O–H groups in total. The Morgan fingerprint density at radius 1 is 1.37 bits per heavy atom. The first kappa shape index (κ1) is 14.6. The second-order valence-corrected chi connectivity index (χ2v) is 7.31. The largest absolute Gasteiger partial charge is 0.404 e. The van der Waals surface area contributed by atoms with E-state index in [1.54, 1.807) is 0 Å². The van der Waals surface area contributed by atoms with Gasteiger partial charge in [0.2, 0.25) is 5.91 Å². The van der Waals surface area contributed by atoms with E-state index in [9.17, 15) is 26.4 Å². The van der Waals surface area contributed by atoms with E-state index < -0.39 is 39.9 Å². The van der Waals surface area contributed by atoms with E-state index in [0.29, 0.717) is 0 Å². The number of carbonyl (C=O) groups excluding carboxylic acids is 1. The highest BCUT2D eigenvalue weighted by Gasteiger charge is 2.61. The molecule has 0 aliphatic carbocycles. The molecule has 0 aromatic heterocycles. The number of halogens is 3. The van der Waals surface area contributed by atoms with Crippen molar-refractivity contribution in [3.8, 4) is 0 Å². The van der Waals surface area contributed by atoms with E-state index in [-0.39, 0.29) is 30.9 Å². The number of rotatable bonds is 2. The first-order valence-electron chi connectivity index (χ1n) is 5.95. The quantitative estimate of drug-likeness (QED) is 0.742. The summed E-state index contributed by atoms with van der Waals surface area (Å²) in [6, 6.07) is -0.711. The topological polar surface area (TPSA) is 75.3 Å². The molecule has 2 aliphatic heterocycles. The standard InChI is InChI=1S/C10H15F3N2O3S/c11-10(12,13)9(2-3-14-6-9)8(16)15-7-1-4-19(17,18)5-7/h7,14H,1-6H2,(H,15,16). The Balaban J connectivity index is 2.10. The molecular weight excluding hydrogens is 285 g/mol. The Bertz CT molecular complexity index is 469. The van der Waals surface area contributed by atoms with Gasteiger partial charge in [-0.1, -0.05) is 0 Å². The fourth-order valence-corrected chi connectivity index (χ4v) is 4.16. The summed E-state index contributed by atoms with van der Waals surface area (Å²) in [5.41, 5.74) is -2.43. The SMILES string of the molecule is O=C(NC1CCS(=O)(=O)C1)C1(C(F)(F)F)CCNC1. The van der Waals surface area contributed by atoms with Crippen LogP contribution in [-0.4, -0.2) is 51.1 Å². The molecule has 110 valence electrons. The summed E-state index contributed by atoms with van der Waals surface area (Å²) in [7, 11) is -3.23. The maximum absolute atomic E-state index is 13.1. The highest BCUT2D eigenvalue weighted by molar-refractivity contribution is 7.91. The predicted octanol–water partition coefficient (Wildman–Crippen LogP) is -0.168. The molecule has 2 saturated heterocycles. The fourth-order valence-electron chi connectivity index (χ4n) is 2.49. The molecule has 0 spiro atoms. The normalized spacial score (nSPS) is 34.4. The maximum Gasteiger partial charge on any atom is 0.404 e. The van der Waals surface area contributed by atoms with Crippen LogP contribution in [0.5, 0.6) is 0 Å².